The lowest BCUT2D eigenvalue weighted by molar-refractivity contribution is 0.725. The molecular weight excluding hydrogens is 106 g/mol. The van der Waals surface area contributed by atoms with Gasteiger partial charge in [0.2, 0.25) is 0 Å². The second-order valence-corrected chi connectivity index (χ2v) is 2.59. The van der Waals surface area contributed by atoms with Gasteiger partial charge in [0.15, 0.2) is 0 Å². The van der Waals surface area contributed by atoms with Gasteiger partial charge < -0.3 is 0 Å². The third kappa shape index (κ3) is 5.75. The zero-order valence-electron chi connectivity index (χ0n) is 6.91. The molecular formula is C7H16B2. The fourth-order valence-corrected chi connectivity index (χ4v) is 0.798. The minimum Gasteiger partial charge on any atom is -0.134 e. The van der Waals surface area contributed by atoms with Crippen LogP contribution in [0.3, 0.4) is 0 Å². The van der Waals surface area contributed by atoms with E-state index >= 15 is 0 Å². The van der Waals surface area contributed by atoms with Crippen LogP contribution in [-0.2, 0) is 0 Å². The lowest BCUT2D eigenvalue weighted by Crippen LogP contribution is -1.82. The van der Waals surface area contributed by atoms with Crippen molar-refractivity contribution >= 4 is 15.7 Å². The number of hydrogen-bond acceptors (Lipinski definition) is 0. The largest absolute Gasteiger partial charge is 0.134 e. The first kappa shape index (κ1) is 8.87. The maximum Gasteiger partial charge on any atom is 0.132 e. The molecule has 50 valence electrons. The minimum absolute atomic E-state index is 1.30. The molecule has 9 heavy (non-hydrogen) atoms. The van der Waals surface area contributed by atoms with Gasteiger partial charge in [0.1, 0.15) is 15.7 Å². The van der Waals surface area contributed by atoms with Crippen molar-refractivity contribution in [3.05, 3.63) is 11.4 Å². The summed E-state index contributed by atoms with van der Waals surface area (Å²) in [7, 11) is 4.32. The first-order valence-corrected chi connectivity index (χ1v) is 3.93. The van der Waals surface area contributed by atoms with Crippen LogP contribution in [0.15, 0.2) is 11.4 Å². The summed E-state index contributed by atoms with van der Waals surface area (Å²) in [6.45, 7) is 2.24. The van der Waals surface area contributed by atoms with Crippen LogP contribution < -0.4 is 0 Å². The highest BCUT2D eigenvalue weighted by atomic mass is 13.9. The Morgan fingerprint density at radius 3 is 2.56 bits per heavy atom. The monoisotopic (exact) mass is 122 g/mol. The second-order valence-electron chi connectivity index (χ2n) is 2.59. The Morgan fingerprint density at radius 1 is 1.44 bits per heavy atom. The van der Waals surface area contributed by atoms with E-state index in [1.165, 1.54) is 31.2 Å². The average Bonchev–Trinajstić information content (AvgIpc) is 1.89. The molecule has 0 atom stereocenters. The Balaban J connectivity index is 3.07. The van der Waals surface area contributed by atoms with E-state index < -0.39 is 0 Å². The van der Waals surface area contributed by atoms with E-state index in [2.05, 4.69) is 28.6 Å². The van der Waals surface area contributed by atoms with Gasteiger partial charge in [-0.25, -0.2) is 0 Å². The molecule has 0 aliphatic rings. The molecule has 0 amide bonds. The quantitative estimate of drug-likeness (QED) is 0.379. The van der Waals surface area contributed by atoms with Gasteiger partial charge in [0, 0.05) is 0 Å². The van der Waals surface area contributed by atoms with Crippen LogP contribution in [0, 0.1) is 0 Å². The van der Waals surface area contributed by atoms with Crippen molar-refractivity contribution in [2.24, 2.45) is 0 Å². The van der Waals surface area contributed by atoms with Gasteiger partial charge in [-0.05, 0) is 6.42 Å². The molecule has 0 spiro atoms. The molecule has 0 aromatic heterocycles. The van der Waals surface area contributed by atoms with Crippen LogP contribution in [0.5, 0.6) is 0 Å². The predicted octanol–water partition coefficient (Wildman–Crippen LogP) is 0.674. The molecule has 0 radical (unpaired) electrons. The summed E-state index contributed by atoms with van der Waals surface area (Å²) in [6.07, 6.45) is 5.37. The lowest BCUT2D eigenvalue weighted by Gasteiger charge is -1.97. The Kier molecular flexibility index (Phi) is 5.91. The molecule has 0 N–H and O–H groups in total. The van der Waals surface area contributed by atoms with E-state index in [-0.39, 0.29) is 0 Å². The van der Waals surface area contributed by atoms with Crippen molar-refractivity contribution in [2.45, 2.75) is 32.6 Å². The number of rotatable bonds is 4. The van der Waals surface area contributed by atoms with Crippen molar-refractivity contribution in [3.8, 4) is 0 Å². The molecule has 0 heterocycles. The van der Waals surface area contributed by atoms with Crippen molar-refractivity contribution in [1.29, 1.82) is 0 Å². The van der Waals surface area contributed by atoms with Gasteiger partial charge in [0.25, 0.3) is 0 Å². The summed E-state index contributed by atoms with van der Waals surface area (Å²) in [4.78, 5) is 0. The maximum atomic E-state index is 2.24. The Labute approximate surface area is 60.5 Å². The summed E-state index contributed by atoms with van der Waals surface area (Å²) in [6, 6.07) is 0. The second kappa shape index (κ2) is 6.00. The fraction of sp³-hybridized carbons (Fsp3) is 0.714. The van der Waals surface area contributed by atoms with E-state index in [1.54, 1.807) is 0 Å². The predicted molar refractivity (Wildman–Crippen MR) is 49.3 cm³/mol. The fourth-order valence-electron chi connectivity index (χ4n) is 0.798. The standard InChI is InChI=1S/C7H16B2/c1-2-3-4-5-7(9)6-8/h6H,2-5,8-9H2,1H3. The minimum atomic E-state index is 1.30. The van der Waals surface area contributed by atoms with Crippen molar-refractivity contribution in [2.75, 3.05) is 0 Å². The maximum absolute atomic E-state index is 2.24. The van der Waals surface area contributed by atoms with E-state index in [0.29, 0.717) is 0 Å². The van der Waals surface area contributed by atoms with Crippen molar-refractivity contribution in [3.63, 3.8) is 0 Å². The summed E-state index contributed by atoms with van der Waals surface area (Å²) >= 11 is 0. The van der Waals surface area contributed by atoms with E-state index in [0.717, 1.165) is 0 Å². The smallest absolute Gasteiger partial charge is 0.132 e. The first-order chi connectivity index (χ1) is 4.31. The molecule has 0 saturated carbocycles. The van der Waals surface area contributed by atoms with Crippen molar-refractivity contribution in [1.82, 2.24) is 0 Å². The number of unbranched alkanes of at least 4 members (excludes halogenated alkanes) is 2. The van der Waals surface area contributed by atoms with Gasteiger partial charge in [-0.3, -0.25) is 0 Å². The molecule has 0 bridgehead atoms. The van der Waals surface area contributed by atoms with Gasteiger partial charge in [-0.2, -0.15) is 0 Å². The van der Waals surface area contributed by atoms with Crippen LogP contribution in [-0.4, -0.2) is 15.7 Å². The molecule has 0 fully saturated rings. The van der Waals surface area contributed by atoms with E-state index in [4.69, 9.17) is 0 Å². The summed E-state index contributed by atoms with van der Waals surface area (Å²) in [5.41, 5.74) is 1.53. The topological polar surface area (TPSA) is 0 Å². The SMILES string of the molecule is BC=C(B)CCCCC. The molecule has 2 heteroatoms. The highest BCUT2D eigenvalue weighted by Crippen LogP contribution is 2.03. The summed E-state index contributed by atoms with van der Waals surface area (Å²) in [5.74, 6) is 2.20. The average molecular weight is 122 g/mol. The highest BCUT2D eigenvalue weighted by molar-refractivity contribution is 6.28. The van der Waals surface area contributed by atoms with E-state index in [1.807, 2.05) is 0 Å². The summed E-state index contributed by atoms with van der Waals surface area (Å²) < 4.78 is 0. The number of allylic oxidation sites excluding steroid dienone is 1. The summed E-state index contributed by atoms with van der Waals surface area (Å²) in [5, 5.41) is 0. The van der Waals surface area contributed by atoms with Crippen molar-refractivity contribution < 1.29 is 0 Å². The molecule has 0 aromatic carbocycles. The lowest BCUT2D eigenvalue weighted by atomic mass is 9.85. The highest BCUT2D eigenvalue weighted by Gasteiger charge is 1.86. The molecule has 0 aliphatic carbocycles. The van der Waals surface area contributed by atoms with Gasteiger partial charge >= 0.3 is 0 Å². The zero-order valence-corrected chi connectivity index (χ0v) is 6.91. The Bertz CT molecular complexity index is 86.9. The third-order valence-corrected chi connectivity index (χ3v) is 1.67. The molecule has 0 aromatic rings. The van der Waals surface area contributed by atoms with Crippen LogP contribution in [0.4, 0.5) is 0 Å². The molecule has 0 aliphatic heterocycles. The van der Waals surface area contributed by atoms with Crippen LogP contribution in [0.2, 0.25) is 0 Å². The first-order valence-electron chi connectivity index (χ1n) is 3.93. The molecule has 0 saturated heterocycles. The van der Waals surface area contributed by atoms with Crippen LogP contribution in [0.1, 0.15) is 32.6 Å². The van der Waals surface area contributed by atoms with Crippen LogP contribution in [0.25, 0.3) is 0 Å². The molecule has 0 rings (SSSR count). The van der Waals surface area contributed by atoms with Crippen LogP contribution >= 0.6 is 0 Å². The van der Waals surface area contributed by atoms with Gasteiger partial charge in [-0.1, -0.05) is 26.2 Å². The van der Waals surface area contributed by atoms with Gasteiger partial charge in [0.05, 0.1) is 0 Å². The van der Waals surface area contributed by atoms with E-state index in [9.17, 15) is 0 Å². The molecule has 0 nitrogen and oxygen atoms in total. The Morgan fingerprint density at radius 2 is 2.11 bits per heavy atom. The number of hydrogen-bond donors (Lipinski definition) is 0. The Hall–Kier alpha value is -0.130. The van der Waals surface area contributed by atoms with Gasteiger partial charge in [-0.15, -0.1) is 11.4 Å². The third-order valence-electron chi connectivity index (χ3n) is 1.67. The normalized spacial score (nSPS) is 11.9. The zero-order chi connectivity index (χ0) is 7.11. The molecule has 0 unspecified atom stereocenters.